The van der Waals surface area contributed by atoms with E-state index in [0.717, 1.165) is 0 Å². The van der Waals surface area contributed by atoms with E-state index in [9.17, 15) is 5.21 Å². The minimum Gasteiger partial charge on any atom is -0.761 e. The fourth-order valence-electron chi connectivity index (χ4n) is 0.506. The molecule has 0 saturated heterocycles. The van der Waals surface area contributed by atoms with E-state index in [0.29, 0.717) is 5.69 Å². The van der Waals surface area contributed by atoms with Crippen LogP contribution in [0.4, 0.5) is 5.69 Å². The summed E-state index contributed by atoms with van der Waals surface area (Å²) in [5.41, 5.74) is 2.38. The molecular formula is C6H6CeNO-. The van der Waals surface area contributed by atoms with E-state index in [1.807, 2.05) is 6.07 Å². The molecule has 46 valence electrons. The van der Waals surface area contributed by atoms with Crippen LogP contribution in [0.3, 0.4) is 0 Å². The van der Waals surface area contributed by atoms with Crippen LogP contribution in [0, 0.1) is 47.0 Å². The van der Waals surface area contributed by atoms with Crippen LogP contribution in [0.2, 0.25) is 0 Å². The molecule has 0 bridgehead atoms. The quantitative estimate of drug-likeness (QED) is 0.766. The van der Waals surface area contributed by atoms with E-state index >= 15 is 0 Å². The first-order valence-corrected chi connectivity index (χ1v) is 2.36. The Morgan fingerprint density at radius 2 is 1.67 bits per heavy atom. The van der Waals surface area contributed by atoms with Crippen molar-refractivity contribution in [3.8, 4) is 0 Å². The number of benzene rings is 1. The third kappa shape index (κ3) is 3.15. The molecular weight excluding hydrogens is 242 g/mol. The zero-order chi connectivity index (χ0) is 5.82. The van der Waals surface area contributed by atoms with Crippen LogP contribution in [0.5, 0.6) is 0 Å². The van der Waals surface area contributed by atoms with Crippen LogP contribution in [0.1, 0.15) is 0 Å². The molecule has 0 atom stereocenters. The molecule has 1 aromatic carbocycles. The van der Waals surface area contributed by atoms with Crippen LogP contribution in [0.15, 0.2) is 30.3 Å². The SMILES string of the molecule is [Ce].[O-]Nc1ccccc1. The van der Waals surface area contributed by atoms with Crippen molar-refractivity contribution in [2.75, 3.05) is 5.48 Å². The van der Waals surface area contributed by atoms with E-state index in [2.05, 4.69) is 0 Å². The number of rotatable bonds is 1. The van der Waals surface area contributed by atoms with Gasteiger partial charge in [0, 0.05) is 47.4 Å². The zero-order valence-corrected chi connectivity index (χ0v) is 7.94. The average molecular weight is 248 g/mol. The molecule has 2 nitrogen and oxygen atoms in total. The molecule has 0 amide bonds. The Hall–Kier alpha value is 0.357. The molecule has 0 heterocycles. The Kier molecular flexibility index (Phi) is 5.37. The van der Waals surface area contributed by atoms with Gasteiger partial charge in [0.25, 0.3) is 0 Å². The Balaban J connectivity index is 0.000000640. The first-order valence-electron chi connectivity index (χ1n) is 2.36. The van der Waals surface area contributed by atoms with Gasteiger partial charge < -0.3 is 10.7 Å². The summed E-state index contributed by atoms with van der Waals surface area (Å²) in [4.78, 5) is 0. The molecule has 0 spiro atoms. The van der Waals surface area contributed by atoms with Gasteiger partial charge in [-0.3, -0.25) is 0 Å². The van der Waals surface area contributed by atoms with Crippen molar-refractivity contribution in [2.24, 2.45) is 0 Å². The first kappa shape index (κ1) is 9.36. The van der Waals surface area contributed by atoms with E-state index in [1.165, 1.54) is 0 Å². The summed E-state index contributed by atoms with van der Waals surface area (Å²) in [7, 11) is 0. The maximum Gasteiger partial charge on any atom is 0.0233 e. The van der Waals surface area contributed by atoms with Crippen molar-refractivity contribution in [3.63, 3.8) is 0 Å². The van der Waals surface area contributed by atoms with Gasteiger partial charge in [-0.1, -0.05) is 18.2 Å². The topological polar surface area (TPSA) is 35.1 Å². The predicted octanol–water partition coefficient (Wildman–Crippen LogP) is 1.60. The number of hydrogen-bond acceptors (Lipinski definition) is 2. The van der Waals surface area contributed by atoms with E-state index in [4.69, 9.17) is 0 Å². The Labute approximate surface area is 87.6 Å². The van der Waals surface area contributed by atoms with Gasteiger partial charge in [-0.05, 0) is 12.1 Å². The molecule has 0 aliphatic carbocycles. The van der Waals surface area contributed by atoms with Crippen molar-refractivity contribution in [2.45, 2.75) is 0 Å². The molecule has 1 N–H and O–H groups in total. The molecule has 0 saturated carbocycles. The van der Waals surface area contributed by atoms with Crippen molar-refractivity contribution in [1.82, 2.24) is 0 Å². The van der Waals surface area contributed by atoms with Crippen LogP contribution in [-0.2, 0) is 0 Å². The van der Waals surface area contributed by atoms with E-state index in [-0.39, 0.29) is 41.7 Å². The normalized spacial score (nSPS) is 7.67. The third-order valence-corrected chi connectivity index (χ3v) is 0.892. The second kappa shape index (κ2) is 5.17. The van der Waals surface area contributed by atoms with Gasteiger partial charge in [0.1, 0.15) is 0 Å². The molecule has 0 unspecified atom stereocenters. The maximum atomic E-state index is 9.88. The molecule has 0 fully saturated rings. The van der Waals surface area contributed by atoms with Crippen molar-refractivity contribution in [1.29, 1.82) is 0 Å². The number of para-hydroxylation sites is 1. The van der Waals surface area contributed by atoms with E-state index in [1.54, 1.807) is 29.7 Å². The predicted molar refractivity (Wildman–Crippen MR) is 33.4 cm³/mol. The minimum absolute atomic E-state index is 0. The van der Waals surface area contributed by atoms with Crippen molar-refractivity contribution >= 4 is 5.69 Å². The summed E-state index contributed by atoms with van der Waals surface area (Å²) in [6.45, 7) is 0. The van der Waals surface area contributed by atoms with Crippen LogP contribution >= 0.6 is 0 Å². The van der Waals surface area contributed by atoms with Gasteiger partial charge in [0.05, 0.1) is 0 Å². The van der Waals surface area contributed by atoms with Gasteiger partial charge in [-0.2, -0.15) is 0 Å². The van der Waals surface area contributed by atoms with Crippen LogP contribution < -0.4 is 5.48 Å². The monoisotopic (exact) mass is 248 g/mol. The fraction of sp³-hybridized carbons (Fsp3) is 0. The molecule has 3 heteroatoms. The van der Waals surface area contributed by atoms with Crippen LogP contribution in [0.25, 0.3) is 0 Å². The van der Waals surface area contributed by atoms with Gasteiger partial charge in [0.15, 0.2) is 0 Å². The molecule has 0 aliphatic rings. The second-order valence-electron chi connectivity index (χ2n) is 1.47. The number of anilines is 1. The average Bonchev–Trinajstić information content (AvgIpc) is 1.90. The molecule has 0 aliphatic heterocycles. The van der Waals surface area contributed by atoms with Crippen LogP contribution in [-0.4, -0.2) is 0 Å². The second-order valence-corrected chi connectivity index (χ2v) is 1.47. The van der Waals surface area contributed by atoms with Crippen molar-refractivity contribution in [3.05, 3.63) is 35.5 Å². The summed E-state index contributed by atoms with van der Waals surface area (Å²) < 4.78 is 0. The number of hydrogen-bond donors (Lipinski definition) is 1. The summed E-state index contributed by atoms with van der Waals surface area (Å²) in [5, 5.41) is 9.88. The maximum absolute atomic E-state index is 9.88. The standard InChI is InChI=1S/C6H6NO.Ce/c8-7-6-4-2-1-3-5-6;/h1-5,7H;/q-1;. The molecule has 1 rings (SSSR count). The Morgan fingerprint density at radius 1 is 1.11 bits per heavy atom. The molecule has 0 radical (unpaired) electrons. The summed E-state index contributed by atoms with van der Waals surface area (Å²) in [6.07, 6.45) is 0. The fourth-order valence-corrected chi connectivity index (χ4v) is 0.506. The third-order valence-electron chi connectivity index (χ3n) is 0.892. The van der Waals surface area contributed by atoms with Gasteiger partial charge in [0.2, 0.25) is 0 Å². The molecule has 0 aromatic heterocycles. The van der Waals surface area contributed by atoms with E-state index < -0.39 is 0 Å². The van der Waals surface area contributed by atoms with Gasteiger partial charge >= 0.3 is 0 Å². The summed E-state index contributed by atoms with van der Waals surface area (Å²) in [6, 6.07) is 8.90. The minimum atomic E-state index is 0. The number of nitrogens with one attached hydrogen (secondary N) is 1. The molecule has 9 heavy (non-hydrogen) atoms. The first-order chi connectivity index (χ1) is 3.93. The summed E-state index contributed by atoms with van der Waals surface area (Å²) in [5.74, 6) is 0. The van der Waals surface area contributed by atoms with Gasteiger partial charge in [-0.25, -0.2) is 0 Å². The molecule has 1 aromatic rings. The van der Waals surface area contributed by atoms with Gasteiger partial charge in [-0.15, -0.1) is 0 Å². The largest absolute Gasteiger partial charge is 0.761 e. The zero-order valence-electron chi connectivity index (χ0n) is 4.79. The Morgan fingerprint density at radius 3 is 2.00 bits per heavy atom. The summed E-state index contributed by atoms with van der Waals surface area (Å²) >= 11 is 0. The Bertz CT molecular complexity index is 154. The smallest absolute Gasteiger partial charge is 0.0233 e. The van der Waals surface area contributed by atoms with Crippen molar-refractivity contribution < 1.29 is 41.7 Å².